The van der Waals surface area contributed by atoms with E-state index in [4.69, 9.17) is 9.26 Å². The number of carbonyl (C=O) groups is 2. The number of benzene rings is 2. The molecule has 0 bridgehead atoms. The minimum atomic E-state index is -2.98. The highest BCUT2D eigenvalue weighted by Crippen LogP contribution is 2.30. The Morgan fingerprint density at radius 2 is 1.88 bits per heavy atom. The number of rotatable bonds is 10. The molecule has 1 N–H and O–H groups in total. The molecule has 0 aliphatic heterocycles. The summed E-state index contributed by atoms with van der Waals surface area (Å²) in [5, 5.41) is 6.26. The van der Waals surface area contributed by atoms with E-state index in [1.807, 2.05) is 30.3 Å². The zero-order chi connectivity index (χ0) is 23.8. The van der Waals surface area contributed by atoms with Gasteiger partial charge in [0.15, 0.2) is 23.0 Å². The van der Waals surface area contributed by atoms with E-state index in [9.17, 15) is 18.4 Å². The van der Waals surface area contributed by atoms with Crippen molar-refractivity contribution in [3.63, 3.8) is 0 Å². The Morgan fingerprint density at radius 3 is 2.58 bits per heavy atom. The molecule has 0 saturated heterocycles. The number of nitrogens with zero attached hydrogens (tertiary/aromatic N) is 2. The lowest BCUT2D eigenvalue weighted by molar-refractivity contribution is -0.129. The van der Waals surface area contributed by atoms with Gasteiger partial charge in [-0.3, -0.25) is 9.59 Å². The Hall–Kier alpha value is -3.95. The molecule has 8 nitrogen and oxygen atoms in total. The van der Waals surface area contributed by atoms with Crippen molar-refractivity contribution in [2.24, 2.45) is 0 Å². The van der Waals surface area contributed by atoms with Crippen molar-refractivity contribution < 1.29 is 32.4 Å². The molecular weight excluding hydrogens is 436 g/mol. The molecule has 10 heteroatoms. The summed E-state index contributed by atoms with van der Waals surface area (Å²) in [5.41, 5.74) is 1.47. The first kappa shape index (κ1) is 23.7. The van der Waals surface area contributed by atoms with Gasteiger partial charge in [-0.2, -0.15) is 8.78 Å². The van der Waals surface area contributed by atoms with Crippen LogP contribution in [0.1, 0.15) is 23.0 Å². The fourth-order valence-electron chi connectivity index (χ4n) is 2.98. The molecule has 0 atom stereocenters. The molecule has 0 aliphatic rings. The van der Waals surface area contributed by atoms with Crippen molar-refractivity contribution in [1.29, 1.82) is 0 Å². The summed E-state index contributed by atoms with van der Waals surface area (Å²) in [6, 6.07) is 15.1. The third-order valence-corrected chi connectivity index (χ3v) is 4.57. The van der Waals surface area contributed by atoms with Crippen LogP contribution < -0.4 is 14.8 Å². The second kappa shape index (κ2) is 11.1. The zero-order valence-electron chi connectivity index (χ0n) is 18.1. The molecule has 0 radical (unpaired) electrons. The van der Waals surface area contributed by atoms with E-state index in [-0.39, 0.29) is 42.8 Å². The van der Waals surface area contributed by atoms with E-state index in [0.717, 1.165) is 5.56 Å². The highest BCUT2D eigenvalue weighted by molar-refractivity contribution is 5.95. The van der Waals surface area contributed by atoms with Gasteiger partial charge in [0, 0.05) is 25.2 Å². The van der Waals surface area contributed by atoms with Gasteiger partial charge in [0.2, 0.25) is 5.91 Å². The molecule has 0 saturated carbocycles. The normalized spacial score (nSPS) is 10.7. The number of likely N-dealkylation sites (N-methyl/N-ethyl adjacent to an activating group) is 1. The predicted octanol–water partition coefficient (Wildman–Crippen LogP) is 3.73. The van der Waals surface area contributed by atoms with Gasteiger partial charge in [-0.1, -0.05) is 41.6 Å². The molecule has 3 aromatic rings. The minimum Gasteiger partial charge on any atom is -0.490 e. The maximum absolute atomic E-state index is 12.5. The second-order valence-corrected chi connectivity index (χ2v) is 6.97. The summed E-state index contributed by atoms with van der Waals surface area (Å²) in [7, 11) is 1.56. The third-order valence-electron chi connectivity index (χ3n) is 4.57. The number of halogens is 2. The molecule has 0 aliphatic carbocycles. The Balaban J connectivity index is 1.56. The van der Waals surface area contributed by atoms with Gasteiger partial charge >= 0.3 is 6.61 Å². The van der Waals surface area contributed by atoms with Crippen LogP contribution >= 0.6 is 0 Å². The van der Waals surface area contributed by atoms with Crippen LogP contribution in [0.5, 0.6) is 11.5 Å². The molecule has 33 heavy (non-hydrogen) atoms. The van der Waals surface area contributed by atoms with Crippen molar-refractivity contribution in [3.05, 3.63) is 65.9 Å². The average Bonchev–Trinajstić information content (AvgIpc) is 3.30. The van der Waals surface area contributed by atoms with Crippen molar-refractivity contribution in [2.75, 3.05) is 20.2 Å². The Morgan fingerprint density at radius 1 is 1.12 bits per heavy atom. The Kier molecular flexibility index (Phi) is 7.96. The number of amides is 2. The zero-order valence-corrected chi connectivity index (χ0v) is 18.1. The van der Waals surface area contributed by atoms with E-state index < -0.39 is 12.5 Å². The number of ether oxygens (including phenoxy) is 2. The second-order valence-electron chi connectivity index (χ2n) is 6.97. The van der Waals surface area contributed by atoms with Crippen LogP contribution in [0.3, 0.4) is 0 Å². The van der Waals surface area contributed by atoms with Gasteiger partial charge < -0.3 is 24.2 Å². The smallest absolute Gasteiger partial charge is 0.387 e. The lowest BCUT2D eigenvalue weighted by atomic mass is 10.1. The third kappa shape index (κ3) is 6.52. The van der Waals surface area contributed by atoms with Gasteiger partial charge in [-0.05, 0) is 24.6 Å². The summed E-state index contributed by atoms with van der Waals surface area (Å²) < 4.78 is 40.1. The number of nitrogens with one attached hydrogen (secondary N) is 1. The van der Waals surface area contributed by atoms with Crippen LogP contribution in [-0.2, 0) is 11.3 Å². The van der Waals surface area contributed by atoms with Crippen LogP contribution in [-0.4, -0.2) is 48.7 Å². The standard InChI is InChI=1S/C23H23F2N3O5/c1-3-31-20-11-15(9-10-18(20)32-23(24)25)14-28(2)21(29)13-26-22(30)17-12-19(33-27-17)16-7-5-4-6-8-16/h4-12,23H,3,13-14H2,1-2H3,(H,26,30). The van der Waals surface area contributed by atoms with Gasteiger partial charge in [0.1, 0.15) is 0 Å². The Labute approximate surface area is 189 Å². The van der Waals surface area contributed by atoms with Crippen LogP contribution in [0.25, 0.3) is 11.3 Å². The topological polar surface area (TPSA) is 93.9 Å². The lowest BCUT2D eigenvalue weighted by Crippen LogP contribution is -2.37. The largest absolute Gasteiger partial charge is 0.490 e. The van der Waals surface area contributed by atoms with Crippen molar-refractivity contribution >= 4 is 11.8 Å². The van der Waals surface area contributed by atoms with Crippen LogP contribution in [0.15, 0.2) is 59.1 Å². The highest BCUT2D eigenvalue weighted by Gasteiger charge is 2.17. The summed E-state index contributed by atoms with van der Waals surface area (Å²) >= 11 is 0. The molecule has 2 amide bonds. The SMILES string of the molecule is CCOc1cc(CN(C)C(=O)CNC(=O)c2cc(-c3ccccc3)on2)ccc1OC(F)F. The van der Waals surface area contributed by atoms with E-state index >= 15 is 0 Å². The maximum atomic E-state index is 12.5. The van der Waals surface area contributed by atoms with E-state index in [1.54, 1.807) is 20.0 Å². The lowest BCUT2D eigenvalue weighted by Gasteiger charge is -2.19. The number of carbonyl (C=O) groups excluding carboxylic acids is 2. The van der Waals surface area contributed by atoms with Crippen LogP contribution in [0, 0.1) is 0 Å². The number of alkyl halides is 2. The quantitative estimate of drug-likeness (QED) is 0.497. The molecule has 2 aromatic carbocycles. The molecule has 0 spiro atoms. The predicted molar refractivity (Wildman–Crippen MR) is 115 cm³/mol. The summed E-state index contributed by atoms with van der Waals surface area (Å²) in [6.45, 7) is -1.08. The van der Waals surface area contributed by atoms with Gasteiger partial charge in [0.25, 0.3) is 5.91 Å². The summed E-state index contributed by atoms with van der Waals surface area (Å²) in [4.78, 5) is 26.2. The maximum Gasteiger partial charge on any atom is 0.387 e. The summed E-state index contributed by atoms with van der Waals surface area (Å²) in [5.74, 6) is -0.395. The average molecular weight is 459 g/mol. The monoisotopic (exact) mass is 459 g/mol. The minimum absolute atomic E-state index is 0.0558. The summed E-state index contributed by atoms with van der Waals surface area (Å²) in [6.07, 6.45) is 0. The van der Waals surface area contributed by atoms with E-state index in [0.29, 0.717) is 11.3 Å². The number of hydrogen-bond acceptors (Lipinski definition) is 6. The number of hydrogen-bond donors (Lipinski definition) is 1. The van der Waals surface area contributed by atoms with Crippen LogP contribution in [0.2, 0.25) is 0 Å². The highest BCUT2D eigenvalue weighted by atomic mass is 19.3. The molecule has 0 unspecified atom stereocenters. The first-order valence-corrected chi connectivity index (χ1v) is 10.1. The Bertz CT molecular complexity index is 1090. The van der Waals surface area contributed by atoms with Gasteiger partial charge in [-0.25, -0.2) is 0 Å². The molecule has 1 heterocycles. The van der Waals surface area contributed by atoms with Gasteiger partial charge in [0.05, 0.1) is 13.2 Å². The molecule has 0 fully saturated rings. The molecule has 1 aromatic heterocycles. The fourth-order valence-corrected chi connectivity index (χ4v) is 2.98. The van der Waals surface area contributed by atoms with E-state index in [2.05, 4.69) is 15.2 Å². The van der Waals surface area contributed by atoms with E-state index in [1.165, 1.54) is 23.1 Å². The fraction of sp³-hybridized carbons (Fsp3) is 0.261. The van der Waals surface area contributed by atoms with Crippen LogP contribution in [0.4, 0.5) is 8.78 Å². The van der Waals surface area contributed by atoms with Crippen molar-refractivity contribution in [2.45, 2.75) is 20.1 Å². The number of aromatic nitrogens is 1. The molecule has 174 valence electrons. The van der Waals surface area contributed by atoms with Crippen molar-refractivity contribution in [3.8, 4) is 22.8 Å². The first-order valence-electron chi connectivity index (χ1n) is 10.1. The van der Waals surface area contributed by atoms with Crippen molar-refractivity contribution in [1.82, 2.24) is 15.4 Å². The first-order chi connectivity index (χ1) is 15.9. The molecule has 3 rings (SSSR count). The molecular formula is C23H23F2N3O5. The van der Waals surface area contributed by atoms with Gasteiger partial charge in [-0.15, -0.1) is 0 Å².